The fourth-order valence-corrected chi connectivity index (χ4v) is 6.53. The van der Waals surface area contributed by atoms with Crippen LogP contribution in [-0.4, -0.2) is 30.8 Å². The number of fused-ring (bicyclic) bond motifs is 3. The topological polar surface area (TPSA) is 84.7 Å². The molecule has 1 spiro atoms. The lowest BCUT2D eigenvalue weighted by atomic mass is 9.62. The third-order valence-electron chi connectivity index (χ3n) is 7.12. The molecule has 2 aliphatic carbocycles. The van der Waals surface area contributed by atoms with Crippen molar-refractivity contribution in [1.82, 2.24) is 25.1 Å². The number of alkyl halides is 2. The Hall–Kier alpha value is -3.60. The minimum absolute atomic E-state index is 0.0146. The monoisotopic (exact) mass is 524 g/mol. The predicted molar refractivity (Wildman–Crippen MR) is 132 cm³/mol. The van der Waals surface area contributed by atoms with Gasteiger partial charge in [-0.2, -0.15) is 8.78 Å². The summed E-state index contributed by atoms with van der Waals surface area (Å²) in [6.45, 7) is 0. The molecule has 190 valence electrons. The van der Waals surface area contributed by atoms with Crippen molar-refractivity contribution in [3.05, 3.63) is 89.0 Å². The molecule has 1 saturated carbocycles. The average Bonchev–Trinajstić information content (AvgIpc) is 3.29. The molecule has 7 nitrogen and oxygen atoms in total. The van der Waals surface area contributed by atoms with Gasteiger partial charge in [0.05, 0.1) is 11.1 Å². The molecule has 0 amide bonds. The number of ketones is 1. The van der Waals surface area contributed by atoms with Crippen LogP contribution in [0, 0.1) is 11.2 Å². The zero-order valence-corrected chi connectivity index (χ0v) is 20.7. The van der Waals surface area contributed by atoms with Gasteiger partial charge in [-0.05, 0) is 61.7 Å². The molecule has 1 aliphatic heterocycles. The zero-order valence-electron chi connectivity index (χ0n) is 19.8. The molecule has 1 aromatic carbocycles. The molecule has 4 bridgehead atoms. The molecule has 0 radical (unpaired) electrons. The van der Waals surface area contributed by atoms with E-state index in [9.17, 15) is 9.18 Å². The molecule has 0 saturated heterocycles. The summed E-state index contributed by atoms with van der Waals surface area (Å²) in [5.74, 6) is -0.662. The van der Waals surface area contributed by atoms with Crippen molar-refractivity contribution < 1.29 is 18.0 Å². The molecule has 1 fully saturated rings. The molecular formula is C26H23F3N6OS. The molecular weight excluding hydrogens is 501 g/mol. The summed E-state index contributed by atoms with van der Waals surface area (Å²) in [6, 6.07) is 4.66. The fourth-order valence-electron chi connectivity index (χ4n) is 5.34. The van der Waals surface area contributed by atoms with E-state index in [1.807, 2.05) is 0 Å². The third-order valence-corrected chi connectivity index (χ3v) is 8.25. The first-order chi connectivity index (χ1) is 17.7. The van der Waals surface area contributed by atoms with Crippen LogP contribution >= 0.6 is 11.8 Å². The number of pyridine rings is 1. The number of anilines is 1. The number of nitrogens with zero attached hydrogens (tertiary/aromatic N) is 4. The van der Waals surface area contributed by atoms with Crippen molar-refractivity contribution in [2.75, 3.05) is 5.32 Å². The van der Waals surface area contributed by atoms with Gasteiger partial charge in [0, 0.05) is 41.9 Å². The number of halogens is 3. The van der Waals surface area contributed by atoms with Gasteiger partial charge < -0.3 is 10.6 Å². The van der Waals surface area contributed by atoms with Crippen molar-refractivity contribution in [1.29, 1.82) is 0 Å². The van der Waals surface area contributed by atoms with E-state index in [-0.39, 0.29) is 34.4 Å². The van der Waals surface area contributed by atoms with Gasteiger partial charge >= 0.3 is 6.05 Å². The molecule has 3 aliphatic rings. The first-order valence-electron chi connectivity index (χ1n) is 11.9. The molecule has 2 atom stereocenters. The van der Waals surface area contributed by atoms with E-state index in [0.29, 0.717) is 29.4 Å². The maximum atomic E-state index is 15.4. The highest BCUT2D eigenvalue weighted by molar-refractivity contribution is 7.99. The number of hydrogen-bond donors (Lipinski definition) is 2. The Morgan fingerprint density at radius 1 is 1.19 bits per heavy atom. The van der Waals surface area contributed by atoms with Crippen LogP contribution in [0.5, 0.6) is 0 Å². The van der Waals surface area contributed by atoms with Crippen LogP contribution in [-0.2, 0) is 13.1 Å². The van der Waals surface area contributed by atoms with Crippen molar-refractivity contribution in [3.63, 3.8) is 0 Å². The smallest absolute Gasteiger partial charge is 0.350 e. The van der Waals surface area contributed by atoms with E-state index in [1.165, 1.54) is 42.2 Å². The summed E-state index contributed by atoms with van der Waals surface area (Å²) in [4.78, 5) is 22.6. The van der Waals surface area contributed by atoms with E-state index in [0.717, 1.165) is 12.0 Å². The molecule has 3 heterocycles. The number of carbonyl (C=O) groups excluding carboxylic acids is 1. The first-order valence-corrected chi connectivity index (χ1v) is 12.8. The molecule has 2 aromatic heterocycles. The number of allylic oxidation sites excluding steroid dienone is 3. The van der Waals surface area contributed by atoms with Crippen molar-refractivity contribution in [3.8, 4) is 0 Å². The molecule has 11 heteroatoms. The number of benzene rings is 1. The van der Waals surface area contributed by atoms with Crippen LogP contribution in [0.3, 0.4) is 0 Å². The summed E-state index contributed by atoms with van der Waals surface area (Å²) in [5, 5.41) is 10.6. The van der Waals surface area contributed by atoms with Crippen LogP contribution in [0.15, 0.2) is 77.1 Å². The lowest BCUT2D eigenvalue weighted by Gasteiger charge is -2.44. The highest BCUT2D eigenvalue weighted by atomic mass is 32.2. The fraction of sp³-hybridized carbons (Fsp3) is 0.308. The minimum atomic E-state index is -3.43. The summed E-state index contributed by atoms with van der Waals surface area (Å²) >= 11 is 1.50. The maximum Gasteiger partial charge on any atom is 0.350 e. The van der Waals surface area contributed by atoms with Gasteiger partial charge in [0.15, 0.2) is 5.78 Å². The van der Waals surface area contributed by atoms with E-state index in [1.54, 1.807) is 36.3 Å². The Kier molecular flexibility index (Phi) is 5.63. The van der Waals surface area contributed by atoms with Gasteiger partial charge in [0.25, 0.3) is 0 Å². The number of Topliss-reactive ketones (excluding diaryl/α,β-unsaturated/α-hetero) is 1. The quantitative estimate of drug-likeness (QED) is 0.456. The van der Waals surface area contributed by atoms with Gasteiger partial charge in [-0.15, -0.1) is 5.10 Å². The predicted octanol–water partition coefficient (Wildman–Crippen LogP) is 5.17. The number of carbonyl (C=O) groups is 1. The normalized spacial score (nSPS) is 24.3. The maximum absolute atomic E-state index is 15.4. The Bertz CT molecular complexity index is 1450. The minimum Gasteiger partial charge on any atom is -0.354 e. The van der Waals surface area contributed by atoms with Gasteiger partial charge in [-0.1, -0.05) is 17.3 Å². The number of thioether (sulfide) groups is 1. The van der Waals surface area contributed by atoms with Gasteiger partial charge in [-0.25, -0.2) is 9.37 Å². The second kappa shape index (κ2) is 8.76. The van der Waals surface area contributed by atoms with Crippen LogP contribution in [0.1, 0.15) is 41.7 Å². The van der Waals surface area contributed by atoms with Crippen molar-refractivity contribution in [2.24, 2.45) is 12.5 Å². The second-order valence-corrected chi connectivity index (χ2v) is 10.9. The molecule has 2 unspecified atom stereocenters. The van der Waals surface area contributed by atoms with E-state index < -0.39 is 17.3 Å². The largest absolute Gasteiger partial charge is 0.354 e. The Morgan fingerprint density at radius 3 is 2.76 bits per heavy atom. The first kappa shape index (κ1) is 23.8. The second-order valence-electron chi connectivity index (χ2n) is 9.59. The number of aromatic nitrogens is 4. The zero-order chi connectivity index (χ0) is 25.8. The van der Waals surface area contributed by atoms with Gasteiger partial charge in [0.1, 0.15) is 17.8 Å². The molecule has 2 N–H and O–H groups in total. The van der Waals surface area contributed by atoms with E-state index in [4.69, 9.17) is 0 Å². The molecule has 3 aromatic rings. The van der Waals surface area contributed by atoms with Crippen LogP contribution in [0.4, 0.5) is 18.9 Å². The summed E-state index contributed by atoms with van der Waals surface area (Å²) in [6.07, 6.45) is 6.56. The van der Waals surface area contributed by atoms with Crippen molar-refractivity contribution in [2.45, 2.75) is 42.1 Å². The number of rotatable bonds is 4. The Morgan fingerprint density at radius 2 is 2.00 bits per heavy atom. The van der Waals surface area contributed by atoms with E-state index in [2.05, 4.69) is 25.7 Å². The summed E-state index contributed by atoms with van der Waals surface area (Å²) in [5.41, 5.74) is 0.744. The van der Waals surface area contributed by atoms with Crippen LogP contribution in [0.2, 0.25) is 0 Å². The highest BCUT2D eigenvalue weighted by Gasteiger charge is 2.52. The Balaban J connectivity index is 1.44. The molecule has 37 heavy (non-hydrogen) atoms. The van der Waals surface area contributed by atoms with Gasteiger partial charge in [-0.3, -0.25) is 14.5 Å². The van der Waals surface area contributed by atoms with Crippen molar-refractivity contribution >= 4 is 23.2 Å². The lowest BCUT2D eigenvalue weighted by Crippen LogP contribution is -2.44. The highest BCUT2D eigenvalue weighted by Crippen LogP contribution is 2.54. The standard InChI is InChI=1S/C26H23F3N6OS/c1-35-14-31-24(34-35)37-19-7-2-15-10-20(32-18-5-3-17(27)4-6-18)22-13-25(15,12-19)23(36)21-11-16(8-9-30-21)26(28,29)33-22/h3-6,8-11,14,19,32-33H,2,7,12-13H2,1H3. The number of hydrogen-bond acceptors (Lipinski definition) is 7. The van der Waals surface area contributed by atoms with Gasteiger partial charge in [0.2, 0.25) is 5.16 Å². The van der Waals surface area contributed by atoms with Crippen LogP contribution in [0.25, 0.3) is 0 Å². The SMILES string of the molecule is Cn1cnc(SC2CCC3=CC(Nc4ccc(F)cc4)=C4CC3(C2)C(=O)c2cc(ccn2)C(F)(F)N4)n1. The summed E-state index contributed by atoms with van der Waals surface area (Å²) in [7, 11) is 1.79. The third kappa shape index (κ3) is 4.30. The molecule has 6 rings (SSSR count). The number of aryl methyl sites for hydroxylation is 1. The number of nitrogens with one attached hydrogen (secondary N) is 2. The average molecular weight is 525 g/mol. The lowest BCUT2D eigenvalue weighted by molar-refractivity contribution is -0.0331. The summed E-state index contributed by atoms with van der Waals surface area (Å²) < 4.78 is 45.9. The van der Waals surface area contributed by atoms with Crippen LogP contribution < -0.4 is 10.6 Å². The Labute approximate surface area is 215 Å². The van der Waals surface area contributed by atoms with E-state index >= 15 is 8.78 Å².